The molecule has 1 N–H and O–H groups in total. The Hall–Kier alpha value is -2.78. The van der Waals surface area contributed by atoms with Gasteiger partial charge in [0.15, 0.2) is 0 Å². The van der Waals surface area contributed by atoms with E-state index in [4.69, 9.17) is 34.8 Å². The van der Waals surface area contributed by atoms with Gasteiger partial charge in [0.2, 0.25) is 21.8 Å². The number of nitrogens with zero attached hydrogens (tertiary/aromatic N) is 2. The summed E-state index contributed by atoms with van der Waals surface area (Å²) in [5, 5.41) is 3.97. The van der Waals surface area contributed by atoms with Gasteiger partial charge in [0.05, 0.1) is 11.9 Å². The summed E-state index contributed by atoms with van der Waals surface area (Å²) >= 11 is 18.5. The number of halogens is 3. The largest absolute Gasteiger partial charge is 0.355 e. The smallest absolute Gasteiger partial charge is 0.244 e. The summed E-state index contributed by atoms with van der Waals surface area (Å²) in [7, 11) is -3.86. The summed E-state index contributed by atoms with van der Waals surface area (Å²) in [6.07, 6.45) is 1.23. The molecule has 3 aromatic rings. The number of nitrogens with one attached hydrogen (secondary N) is 1. The lowest BCUT2D eigenvalue weighted by Gasteiger charge is -2.33. The Morgan fingerprint density at radius 3 is 2.13 bits per heavy atom. The number of anilines is 1. The van der Waals surface area contributed by atoms with Gasteiger partial charge < -0.3 is 10.2 Å². The molecule has 38 heavy (non-hydrogen) atoms. The van der Waals surface area contributed by atoms with Gasteiger partial charge in [-0.25, -0.2) is 8.42 Å². The monoisotopic (exact) mass is 595 g/mol. The van der Waals surface area contributed by atoms with E-state index in [1.54, 1.807) is 25.1 Å². The van der Waals surface area contributed by atoms with E-state index in [1.165, 1.54) is 29.2 Å². The van der Waals surface area contributed by atoms with Crippen LogP contribution in [-0.4, -0.2) is 50.5 Å². The Kier molecular flexibility index (Phi) is 10.4. The molecule has 0 saturated carbocycles. The summed E-state index contributed by atoms with van der Waals surface area (Å²) < 4.78 is 26.4. The molecule has 0 spiro atoms. The van der Waals surface area contributed by atoms with Crippen molar-refractivity contribution in [3.63, 3.8) is 0 Å². The molecule has 3 rings (SSSR count). The summed E-state index contributed by atoms with van der Waals surface area (Å²) in [6, 6.07) is 19.3. The maximum atomic E-state index is 13.9. The normalized spacial score (nSPS) is 12.0. The first kappa shape index (κ1) is 29.8. The van der Waals surface area contributed by atoms with Crippen LogP contribution in [0.25, 0.3) is 0 Å². The van der Waals surface area contributed by atoms with Crippen LogP contribution in [0.3, 0.4) is 0 Å². The quantitative estimate of drug-likeness (QED) is 0.330. The zero-order chi connectivity index (χ0) is 27.9. The van der Waals surface area contributed by atoms with E-state index in [-0.39, 0.29) is 24.6 Å². The van der Waals surface area contributed by atoms with Gasteiger partial charge in [0, 0.05) is 34.6 Å². The highest BCUT2D eigenvalue weighted by molar-refractivity contribution is 7.92. The summed E-state index contributed by atoms with van der Waals surface area (Å²) in [4.78, 5) is 28.6. The van der Waals surface area contributed by atoms with Crippen LogP contribution in [0.5, 0.6) is 0 Å². The molecule has 0 fully saturated rings. The lowest BCUT2D eigenvalue weighted by atomic mass is 10.0. The zero-order valence-corrected chi connectivity index (χ0v) is 24.0. The molecular weight excluding hydrogens is 569 g/mol. The minimum atomic E-state index is -3.86. The van der Waals surface area contributed by atoms with Gasteiger partial charge in [-0.05, 0) is 54.4 Å². The van der Waals surface area contributed by atoms with Crippen LogP contribution >= 0.6 is 34.8 Å². The molecule has 3 aromatic carbocycles. The SMILES string of the molecule is CCNC(=O)[C@H](Cc1ccccc1)N(Cc1ccc(Cl)cc1Cl)C(=O)CN(c1ccc(Cl)cc1)S(C)(=O)=O. The molecule has 1 atom stereocenters. The van der Waals surface area contributed by atoms with Crippen molar-refractivity contribution in [3.05, 3.63) is 99.0 Å². The van der Waals surface area contributed by atoms with E-state index in [1.807, 2.05) is 30.3 Å². The van der Waals surface area contributed by atoms with Gasteiger partial charge in [-0.15, -0.1) is 0 Å². The van der Waals surface area contributed by atoms with Crippen molar-refractivity contribution in [3.8, 4) is 0 Å². The highest BCUT2D eigenvalue weighted by Crippen LogP contribution is 2.25. The Balaban J connectivity index is 2.06. The van der Waals surface area contributed by atoms with Gasteiger partial charge in [0.1, 0.15) is 12.6 Å². The lowest BCUT2D eigenvalue weighted by molar-refractivity contribution is -0.140. The Morgan fingerprint density at radius 1 is 0.921 bits per heavy atom. The van der Waals surface area contributed by atoms with Crippen molar-refractivity contribution in [2.24, 2.45) is 0 Å². The molecule has 7 nitrogen and oxygen atoms in total. The van der Waals surface area contributed by atoms with Crippen LogP contribution in [0, 0.1) is 0 Å². The minimum absolute atomic E-state index is 0.0400. The molecule has 0 saturated heterocycles. The van der Waals surface area contributed by atoms with Crippen molar-refractivity contribution in [1.82, 2.24) is 10.2 Å². The van der Waals surface area contributed by atoms with E-state index < -0.39 is 28.5 Å². The first-order chi connectivity index (χ1) is 18.0. The third-order valence-electron chi connectivity index (χ3n) is 5.77. The first-order valence-corrected chi connectivity index (χ1v) is 14.8. The standard InChI is InChI=1S/C27H28Cl3N3O4S/c1-3-31-27(35)25(15-19-7-5-4-6-8-19)32(17-20-9-10-22(29)16-24(20)30)26(34)18-33(38(2,36)37)23-13-11-21(28)12-14-23/h4-14,16,25H,3,15,17-18H2,1-2H3,(H,31,35)/t25-/m0/s1. The molecule has 0 aliphatic rings. The molecule has 0 aromatic heterocycles. The predicted molar refractivity (Wildman–Crippen MR) is 153 cm³/mol. The Labute approximate surface area is 238 Å². The zero-order valence-electron chi connectivity index (χ0n) is 20.9. The second-order valence-corrected chi connectivity index (χ2v) is 11.8. The first-order valence-electron chi connectivity index (χ1n) is 11.8. The minimum Gasteiger partial charge on any atom is -0.355 e. The number of likely N-dealkylation sites (N-methyl/N-ethyl adjacent to an activating group) is 1. The van der Waals surface area contributed by atoms with Gasteiger partial charge in [-0.1, -0.05) is 71.2 Å². The molecule has 0 aliphatic carbocycles. The fourth-order valence-corrected chi connectivity index (χ4v) is 5.34. The maximum Gasteiger partial charge on any atom is 0.244 e. The summed E-state index contributed by atoms with van der Waals surface area (Å²) in [6.45, 7) is 1.57. The topological polar surface area (TPSA) is 86.8 Å². The summed E-state index contributed by atoms with van der Waals surface area (Å²) in [5.41, 5.74) is 1.66. The highest BCUT2D eigenvalue weighted by Gasteiger charge is 2.33. The molecule has 2 amide bonds. The van der Waals surface area contributed by atoms with Gasteiger partial charge in [-0.2, -0.15) is 0 Å². The molecule has 0 heterocycles. The molecule has 0 radical (unpaired) electrons. The number of hydrogen-bond acceptors (Lipinski definition) is 4. The van der Waals surface area contributed by atoms with Crippen LogP contribution in [0.4, 0.5) is 5.69 Å². The van der Waals surface area contributed by atoms with Gasteiger partial charge in [0.25, 0.3) is 0 Å². The van der Waals surface area contributed by atoms with Crippen molar-refractivity contribution < 1.29 is 18.0 Å². The highest BCUT2D eigenvalue weighted by atomic mass is 35.5. The molecule has 0 aliphatic heterocycles. The van der Waals surface area contributed by atoms with Crippen LogP contribution in [0.1, 0.15) is 18.1 Å². The third kappa shape index (κ3) is 8.11. The van der Waals surface area contributed by atoms with Crippen molar-refractivity contribution in [1.29, 1.82) is 0 Å². The van der Waals surface area contributed by atoms with E-state index >= 15 is 0 Å². The van der Waals surface area contributed by atoms with E-state index in [0.717, 1.165) is 16.1 Å². The number of rotatable bonds is 11. The average Bonchev–Trinajstić information content (AvgIpc) is 2.86. The van der Waals surface area contributed by atoms with Crippen LogP contribution in [0.2, 0.25) is 15.1 Å². The number of amides is 2. The second kappa shape index (κ2) is 13.3. The maximum absolute atomic E-state index is 13.9. The lowest BCUT2D eigenvalue weighted by Crippen LogP contribution is -2.53. The fourth-order valence-electron chi connectivity index (χ4n) is 3.90. The number of sulfonamides is 1. The van der Waals surface area contributed by atoms with Crippen LogP contribution in [-0.2, 0) is 32.6 Å². The molecule has 11 heteroatoms. The van der Waals surface area contributed by atoms with Gasteiger partial charge in [-0.3, -0.25) is 13.9 Å². The second-order valence-electron chi connectivity index (χ2n) is 8.60. The van der Waals surface area contributed by atoms with Crippen molar-refractivity contribution in [2.45, 2.75) is 25.9 Å². The number of benzene rings is 3. The molecule has 202 valence electrons. The van der Waals surface area contributed by atoms with Crippen molar-refractivity contribution >= 4 is 62.3 Å². The van der Waals surface area contributed by atoms with Crippen molar-refractivity contribution in [2.75, 3.05) is 23.7 Å². The van der Waals surface area contributed by atoms with E-state index in [2.05, 4.69) is 5.32 Å². The van der Waals surface area contributed by atoms with Crippen LogP contribution < -0.4 is 9.62 Å². The number of hydrogen-bond donors (Lipinski definition) is 1. The molecule has 0 bridgehead atoms. The molecular formula is C27H28Cl3N3O4S. The van der Waals surface area contributed by atoms with Crippen LogP contribution in [0.15, 0.2) is 72.8 Å². The van der Waals surface area contributed by atoms with E-state index in [9.17, 15) is 18.0 Å². The predicted octanol–water partition coefficient (Wildman–Crippen LogP) is 5.19. The van der Waals surface area contributed by atoms with Gasteiger partial charge >= 0.3 is 0 Å². The average molecular weight is 597 g/mol. The molecule has 0 unspecified atom stereocenters. The summed E-state index contributed by atoms with van der Waals surface area (Å²) in [5.74, 6) is -0.948. The number of carbonyl (C=O) groups excluding carboxylic acids is 2. The Bertz CT molecular complexity index is 1370. The number of carbonyl (C=O) groups is 2. The fraction of sp³-hybridized carbons (Fsp3) is 0.259. The Morgan fingerprint density at radius 2 is 1.55 bits per heavy atom. The third-order valence-corrected chi connectivity index (χ3v) is 7.75. The van der Waals surface area contributed by atoms with E-state index in [0.29, 0.717) is 27.2 Å².